The van der Waals surface area contributed by atoms with E-state index in [0.717, 1.165) is 24.9 Å². The highest BCUT2D eigenvalue weighted by atomic mass is 32.2. The average molecular weight is 314 g/mol. The normalized spacial score (nSPS) is 20.4. The standard InChI is InChI=1S/C14H22N2O4S/c1-11-7-8-12(20-11)10-15(2)14(17)13-6-4-5-9-16(13)21(3,18)19/h7-8,13H,4-6,9-10H2,1-3H3/t13-/m0/s1. The lowest BCUT2D eigenvalue weighted by Gasteiger charge is -2.34. The molecule has 1 fully saturated rings. The zero-order valence-corrected chi connectivity index (χ0v) is 13.5. The predicted molar refractivity (Wildman–Crippen MR) is 79.1 cm³/mol. The Balaban J connectivity index is 2.09. The smallest absolute Gasteiger partial charge is 0.241 e. The lowest BCUT2D eigenvalue weighted by atomic mass is 10.0. The number of rotatable bonds is 4. The molecule has 6 nitrogen and oxygen atoms in total. The van der Waals surface area contributed by atoms with E-state index in [1.165, 1.54) is 9.21 Å². The van der Waals surface area contributed by atoms with Gasteiger partial charge in [0.2, 0.25) is 15.9 Å². The minimum atomic E-state index is -3.36. The molecule has 0 aliphatic carbocycles. The first-order valence-corrected chi connectivity index (χ1v) is 8.91. The van der Waals surface area contributed by atoms with Crippen molar-refractivity contribution in [1.29, 1.82) is 0 Å². The average Bonchev–Trinajstić information content (AvgIpc) is 2.82. The molecule has 1 atom stereocenters. The molecular formula is C14H22N2O4S. The van der Waals surface area contributed by atoms with Crippen molar-refractivity contribution in [2.24, 2.45) is 0 Å². The van der Waals surface area contributed by atoms with Gasteiger partial charge in [0.25, 0.3) is 0 Å². The lowest BCUT2D eigenvalue weighted by Crippen LogP contribution is -2.51. The lowest BCUT2D eigenvalue weighted by molar-refractivity contribution is -0.135. The van der Waals surface area contributed by atoms with E-state index < -0.39 is 16.1 Å². The van der Waals surface area contributed by atoms with Crippen molar-refractivity contribution in [3.8, 4) is 0 Å². The van der Waals surface area contributed by atoms with E-state index >= 15 is 0 Å². The predicted octanol–water partition coefficient (Wildman–Crippen LogP) is 1.36. The van der Waals surface area contributed by atoms with E-state index in [1.54, 1.807) is 7.05 Å². The molecule has 1 aliphatic rings. The third kappa shape index (κ3) is 3.85. The number of aryl methyl sites for hydroxylation is 1. The number of furan rings is 1. The summed E-state index contributed by atoms with van der Waals surface area (Å²) in [7, 11) is -1.68. The molecular weight excluding hydrogens is 292 g/mol. The summed E-state index contributed by atoms with van der Waals surface area (Å²) in [4.78, 5) is 14.1. The van der Waals surface area contributed by atoms with Gasteiger partial charge in [0, 0.05) is 13.6 Å². The van der Waals surface area contributed by atoms with Crippen LogP contribution < -0.4 is 0 Å². The third-order valence-corrected chi connectivity index (χ3v) is 5.02. The molecule has 1 saturated heterocycles. The van der Waals surface area contributed by atoms with Crippen molar-refractivity contribution in [3.63, 3.8) is 0 Å². The van der Waals surface area contributed by atoms with Crippen molar-refractivity contribution in [2.75, 3.05) is 19.8 Å². The number of amides is 1. The van der Waals surface area contributed by atoms with Crippen LogP contribution in [0.2, 0.25) is 0 Å². The topological polar surface area (TPSA) is 70.8 Å². The van der Waals surface area contributed by atoms with Crippen LogP contribution in [0.4, 0.5) is 0 Å². The zero-order chi connectivity index (χ0) is 15.6. The fourth-order valence-corrected chi connectivity index (χ4v) is 3.80. The van der Waals surface area contributed by atoms with Crippen molar-refractivity contribution in [3.05, 3.63) is 23.7 Å². The molecule has 0 bridgehead atoms. The first-order chi connectivity index (χ1) is 9.79. The summed E-state index contributed by atoms with van der Waals surface area (Å²) in [6, 6.07) is 3.08. The number of nitrogens with zero attached hydrogens (tertiary/aromatic N) is 2. The Bertz CT molecular complexity index is 608. The van der Waals surface area contributed by atoms with Crippen LogP contribution in [0.3, 0.4) is 0 Å². The van der Waals surface area contributed by atoms with Gasteiger partial charge in [-0.05, 0) is 31.9 Å². The zero-order valence-electron chi connectivity index (χ0n) is 12.7. The van der Waals surface area contributed by atoms with Gasteiger partial charge in [0.05, 0.1) is 12.8 Å². The second-order valence-electron chi connectivity index (χ2n) is 5.59. The van der Waals surface area contributed by atoms with E-state index in [0.29, 0.717) is 25.3 Å². The minimum absolute atomic E-state index is 0.172. The molecule has 1 amide bonds. The Hall–Kier alpha value is -1.34. The van der Waals surface area contributed by atoms with E-state index in [1.807, 2.05) is 19.1 Å². The highest BCUT2D eigenvalue weighted by Crippen LogP contribution is 2.22. The summed E-state index contributed by atoms with van der Waals surface area (Å²) in [5, 5.41) is 0. The molecule has 7 heteroatoms. The number of carbonyl (C=O) groups excluding carboxylic acids is 1. The fourth-order valence-electron chi connectivity index (χ4n) is 2.68. The molecule has 2 rings (SSSR count). The van der Waals surface area contributed by atoms with Crippen LogP contribution >= 0.6 is 0 Å². The van der Waals surface area contributed by atoms with Gasteiger partial charge in [-0.15, -0.1) is 0 Å². The summed E-state index contributed by atoms with van der Waals surface area (Å²) >= 11 is 0. The highest BCUT2D eigenvalue weighted by molar-refractivity contribution is 7.88. The Morgan fingerprint density at radius 2 is 2.14 bits per heavy atom. The second kappa shape index (κ2) is 6.19. The Kier molecular flexibility index (Phi) is 4.73. The number of sulfonamides is 1. The first kappa shape index (κ1) is 16.0. The van der Waals surface area contributed by atoms with E-state index in [9.17, 15) is 13.2 Å². The molecule has 0 spiro atoms. The Morgan fingerprint density at radius 3 is 2.71 bits per heavy atom. The summed E-state index contributed by atoms with van der Waals surface area (Å²) in [5.41, 5.74) is 0. The number of carbonyl (C=O) groups is 1. The van der Waals surface area contributed by atoms with Gasteiger partial charge >= 0.3 is 0 Å². The monoisotopic (exact) mass is 314 g/mol. The van der Waals surface area contributed by atoms with Crippen molar-refractivity contribution < 1.29 is 17.6 Å². The van der Waals surface area contributed by atoms with Gasteiger partial charge in [0.1, 0.15) is 17.6 Å². The van der Waals surface area contributed by atoms with Crippen LogP contribution in [0.15, 0.2) is 16.5 Å². The number of hydrogen-bond donors (Lipinski definition) is 0. The van der Waals surface area contributed by atoms with Crippen LogP contribution in [-0.4, -0.2) is 49.4 Å². The molecule has 2 heterocycles. The molecule has 0 N–H and O–H groups in total. The first-order valence-electron chi connectivity index (χ1n) is 7.06. The minimum Gasteiger partial charge on any atom is -0.464 e. The molecule has 1 aliphatic heterocycles. The largest absolute Gasteiger partial charge is 0.464 e. The third-order valence-electron chi connectivity index (χ3n) is 3.73. The van der Waals surface area contributed by atoms with Gasteiger partial charge in [-0.1, -0.05) is 6.42 Å². The van der Waals surface area contributed by atoms with Crippen molar-refractivity contribution >= 4 is 15.9 Å². The van der Waals surface area contributed by atoms with Crippen LogP contribution in [-0.2, 0) is 21.4 Å². The van der Waals surface area contributed by atoms with Gasteiger partial charge in [-0.3, -0.25) is 4.79 Å². The van der Waals surface area contributed by atoms with Crippen LogP contribution in [0.5, 0.6) is 0 Å². The maximum Gasteiger partial charge on any atom is 0.241 e. The van der Waals surface area contributed by atoms with Gasteiger partial charge < -0.3 is 9.32 Å². The molecule has 0 saturated carbocycles. The van der Waals surface area contributed by atoms with E-state index in [4.69, 9.17) is 4.42 Å². The summed E-state index contributed by atoms with van der Waals surface area (Å²) in [5.74, 6) is 1.32. The van der Waals surface area contributed by atoms with Crippen LogP contribution in [0.25, 0.3) is 0 Å². The number of likely N-dealkylation sites (N-methyl/N-ethyl adjacent to an activating group) is 1. The van der Waals surface area contributed by atoms with Crippen molar-refractivity contribution in [1.82, 2.24) is 9.21 Å². The Morgan fingerprint density at radius 1 is 1.43 bits per heavy atom. The maximum absolute atomic E-state index is 12.5. The molecule has 21 heavy (non-hydrogen) atoms. The second-order valence-corrected chi connectivity index (χ2v) is 7.53. The molecule has 1 aromatic heterocycles. The van der Waals surface area contributed by atoms with Crippen LogP contribution in [0, 0.1) is 6.92 Å². The maximum atomic E-state index is 12.5. The molecule has 0 unspecified atom stereocenters. The molecule has 1 aromatic rings. The molecule has 0 radical (unpaired) electrons. The van der Waals surface area contributed by atoms with Gasteiger partial charge in [-0.25, -0.2) is 8.42 Å². The summed E-state index contributed by atoms with van der Waals surface area (Å²) in [6.45, 7) is 2.61. The van der Waals surface area contributed by atoms with Gasteiger partial charge in [0.15, 0.2) is 0 Å². The SMILES string of the molecule is Cc1ccc(CN(C)C(=O)[C@@H]2CCCCN2S(C)(=O)=O)o1. The quantitative estimate of drug-likeness (QED) is 0.841. The Labute approximate surface area is 125 Å². The molecule has 118 valence electrons. The highest BCUT2D eigenvalue weighted by Gasteiger charge is 2.35. The number of hydrogen-bond acceptors (Lipinski definition) is 4. The van der Waals surface area contributed by atoms with Crippen LogP contribution in [0.1, 0.15) is 30.8 Å². The molecule has 0 aromatic carbocycles. The van der Waals surface area contributed by atoms with Gasteiger partial charge in [-0.2, -0.15) is 4.31 Å². The summed E-state index contributed by atoms with van der Waals surface area (Å²) in [6.07, 6.45) is 3.41. The van der Waals surface area contributed by atoms with E-state index in [-0.39, 0.29) is 5.91 Å². The summed E-state index contributed by atoms with van der Waals surface area (Å²) < 4.78 is 30.4. The van der Waals surface area contributed by atoms with E-state index in [2.05, 4.69) is 0 Å². The van der Waals surface area contributed by atoms with Crippen molar-refractivity contribution in [2.45, 2.75) is 38.8 Å². The fraction of sp³-hybridized carbons (Fsp3) is 0.643. The number of piperidine rings is 1.